The summed E-state index contributed by atoms with van der Waals surface area (Å²) < 4.78 is 4.93. The summed E-state index contributed by atoms with van der Waals surface area (Å²) in [6.45, 7) is 0.484. The number of nitrogens with two attached hydrogens (primary N) is 1. The molecule has 9 nitrogen and oxygen atoms in total. The highest BCUT2D eigenvalue weighted by Gasteiger charge is 2.16. The second-order valence-corrected chi connectivity index (χ2v) is 4.51. The molecule has 0 fully saturated rings. The fourth-order valence-corrected chi connectivity index (χ4v) is 1.85. The minimum absolute atomic E-state index is 0.0494. The number of carbonyl (C=O) groups is 2. The van der Waals surface area contributed by atoms with Crippen LogP contribution in [0.1, 0.15) is 20.9 Å². The van der Waals surface area contributed by atoms with Gasteiger partial charge in [0, 0.05) is 24.7 Å². The van der Waals surface area contributed by atoms with E-state index in [1.54, 1.807) is 6.07 Å². The largest absolute Gasteiger partial charge is 0.459 e. The Bertz CT molecular complexity index is 727. The van der Waals surface area contributed by atoms with Crippen molar-refractivity contribution in [3.8, 4) is 0 Å². The molecule has 0 unspecified atom stereocenters. The number of rotatable bonds is 7. The van der Waals surface area contributed by atoms with Gasteiger partial charge in [-0.05, 0) is 24.3 Å². The minimum Gasteiger partial charge on any atom is -0.459 e. The third-order valence-corrected chi connectivity index (χ3v) is 2.95. The van der Waals surface area contributed by atoms with E-state index >= 15 is 0 Å². The van der Waals surface area contributed by atoms with Crippen LogP contribution in [0, 0.1) is 10.1 Å². The van der Waals surface area contributed by atoms with Crippen molar-refractivity contribution in [1.29, 1.82) is 0 Å². The lowest BCUT2D eigenvalue weighted by Crippen LogP contribution is -2.28. The first-order valence-corrected chi connectivity index (χ1v) is 6.63. The Labute approximate surface area is 130 Å². The van der Waals surface area contributed by atoms with Crippen molar-refractivity contribution in [2.45, 2.75) is 0 Å². The van der Waals surface area contributed by atoms with E-state index in [0.29, 0.717) is 0 Å². The van der Waals surface area contributed by atoms with E-state index in [4.69, 9.17) is 10.2 Å². The monoisotopic (exact) mass is 318 g/mol. The Morgan fingerprint density at radius 3 is 2.65 bits per heavy atom. The maximum Gasteiger partial charge on any atom is 0.293 e. The first-order valence-electron chi connectivity index (χ1n) is 6.63. The van der Waals surface area contributed by atoms with E-state index in [-0.39, 0.29) is 41.7 Å². The van der Waals surface area contributed by atoms with Crippen LogP contribution in [0.15, 0.2) is 41.0 Å². The number of nitrogens with zero attached hydrogens (tertiary/aromatic N) is 1. The van der Waals surface area contributed by atoms with Gasteiger partial charge in [0.05, 0.1) is 11.2 Å². The van der Waals surface area contributed by atoms with Crippen LogP contribution in [0.3, 0.4) is 0 Å². The number of anilines is 1. The van der Waals surface area contributed by atoms with Gasteiger partial charge >= 0.3 is 0 Å². The van der Waals surface area contributed by atoms with Gasteiger partial charge in [-0.1, -0.05) is 0 Å². The first kappa shape index (κ1) is 16.0. The van der Waals surface area contributed by atoms with Crippen molar-refractivity contribution in [3.05, 3.63) is 58.0 Å². The highest BCUT2D eigenvalue weighted by atomic mass is 16.6. The molecule has 0 saturated heterocycles. The molecule has 4 N–H and O–H groups in total. The van der Waals surface area contributed by atoms with Crippen LogP contribution in [-0.4, -0.2) is 29.8 Å². The van der Waals surface area contributed by atoms with Crippen LogP contribution in [0.2, 0.25) is 0 Å². The summed E-state index contributed by atoms with van der Waals surface area (Å²) in [4.78, 5) is 33.1. The average Bonchev–Trinajstić information content (AvgIpc) is 3.05. The topological polar surface area (TPSA) is 140 Å². The van der Waals surface area contributed by atoms with Gasteiger partial charge in [-0.2, -0.15) is 0 Å². The maximum atomic E-state index is 11.6. The quantitative estimate of drug-likeness (QED) is 0.397. The molecule has 2 aromatic rings. The van der Waals surface area contributed by atoms with E-state index in [0.717, 1.165) is 6.07 Å². The highest BCUT2D eigenvalue weighted by Crippen LogP contribution is 2.25. The number of nitro benzene ring substituents is 1. The molecule has 0 saturated carbocycles. The Morgan fingerprint density at radius 1 is 1.26 bits per heavy atom. The van der Waals surface area contributed by atoms with Gasteiger partial charge < -0.3 is 20.8 Å². The summed E-state index contributed by atoms with van der Waals surface area (Å²) in [5, 5.41) is 16.4. The standard InChI is InChI=1S/C14H14N4O5/c15-13(19)9-3-4-10(11(8-9)18(21)22)16-5-6-17-14(20)12-2-1-7-23-12/h1-4,7-8,16H,5-6H2,(H2,15,19)(H,17,20). The Balaban J connectivity index is 1.94. The van der Waals surface area contributed by atoms with Gasteiger partial charge in [-0.3, -0.25) is 19.7 Å². The van der Waals surface area contributed by atoms with Crippen molar-refractivity contribution in [3.63, 3.8) is 0 Å². The van der Waals surface area contributed by atoms with Crippen LogP contribution < -0.4 is 16.4 Å². The van der Waals surface area contributed by atoms with Crippen molar-refractivity contribution in [2.24, 2.45) is 5.73 Å². The number of nitro groups is 1. The number of carbonyl (C=O) groups excluding carboxylic acids is 2. The highest BCUT2D eigenvalue weighted by molar-refractivity contribution is 5.94. The normalized spacial score (nSPS) is 10.1. The van der Waals surface area contributed by atoms with E-state index in [1.165, 1.54) is 24.5 Å². The molecule has 0 radical (unpaired) electrons. The Morgan fingerprint density at radius 2 is 2.04 bits per heavy atom. The summed E-state index contributed by atoms with van der Waals surface area (Å²) in [6, 6.07) is 7.00. The van der Waals surface area contributed by atoms with Gasteiger partial charge in [-0.25, -0.2) is 0 Å². The summed E-state index contributed by atoms with van der Waals surface area (Å²) in [7, 11) is 0. The van der Waals surface area contributed by atoms with Gasteiger partial charge in [0.1, 0.15) is 5.69 Å². The predicted octanol–water partition coefficient (Wildman–Crippen LogP) is 1.13. The molecule has 2 amide bonds. The third-order valence-electron chi connectivity index (χ3n) is 2.95. The number of hydrogen-bond donors (Lipinski definition) is 3. The molecule has 0 bridgehead atoms. The molecule has 0 spiro atoms. The van der Waals surface area contributed by atoms with E-state index in [1.807, 2.05) is 0 Å². The van der Waals surface area contributed by atoms with Crippen LogP contribution in [0.5, 0.6) is 0 Å². The predicted molar refractivity (Wildman–Crippen MR) is 81.1 cm³/mol. The van der Waals surface area contributed by atoms with Crippen molar-refractivity contribution in [1.82, 2.24) is 5.32 Å². The zero-order valence-electron chi connectivity index (χ0n) is 11.9. The Hall–Kier alpha value is -3.36. The molecule has 2 rings (SSSR count). The average molecular weight is 318 g/mol. The van der Waals surface area contributed by atoms with E-state index in [2.05, 4.69) is 10.6 Å². The SMILES string of the molecule is NC(=O)c1ccc(NCCNC(=O)c2ccco2)c([N+](=O)[O-])c1. The van der Waals surface area contributed by atoms with Crippen molar-refractivity contribution in [2.75, 3.05) is 18.4 Å². The van der Waals surface area contributed by atoms with Gasteiger partial charge in [0.15, 0.2) is 5.76 Å². The second-order valence-electron chi connectivity index (χ2n) is 4.51. The van der Waals surface area contributed by atoms with E-state index in [9.17, 15) is 19.7 Å². The lowest BCUT2D eigenvalue weighted by molar-refractivity contribution is -0.384. The molecular weight excluding hydrogens is 304 g/mol. The summed E-state index contributed by atoms with van der Waals surface area (Å²) in [5.41, 5.74) is 5.11. The van der Waals surface area contributed by atoms with E-state index < -0.39 is 10.8 Å². The van der Waals surface area contributed by atoms with Crippen LogP contribution in [0.25, 0.3) is 0 Å². The zero-order valence-corrected chi connectivity index (χ0v) is 11.9. The fraction of sp³-hybridized carbons (Fsp3) is 0.143. The Kier molecular flexibility index (Phi) is 4.92. The number of furan rings is 1. The van der Waals surface area contributed by atoms with Crippen LogP contribution in [-0.2, 0) is 0 Å². The van der Waals surface area contributed by atoms with Gasteiger partial charge in [-0.15, -0.1) is 0 Å². The smallest absolute Gasteiger partial charge is 0.293 e. The molecule has 23 heavy (non-hydrogen) atoms. The number of benzene rings is 1. The maximum absolute atomic E-state index is 11.6. The number of nitrogens with one attached hydrogen (secondary N) is 2. The second kappa shape index (κ2) is 7.07. The van der Waals surface area contributed by atoms with Crippen molar-refractivity contribution >= 4 is 23.2 Å². The number of amides is 2. The third kappa shape index (κ3) is 4.06. The first-order chi connectivity index (χ1) is 11.0. The molecular formula is C14H14N4O5. The summed E-state index contributed by atoms with van der Waals surface area (Å²) in [6.07, 6.45) is 1.39. The molecule has 1 heterocycles. The number of primary amides is 1. The molecule has 120 valence electrons. The molecule has 0 aliphatic heterocycles. The molecule has 1 aromatic heterocycles. The van der Waals surface area contributed by atoms with Gasteiger partial charge in [0.2, 0.25) is 5.91 Å². The molecule has 0 atom stereocenters. The molecule has 0 aliphatic rings. The summed E-state index contributed by atoms with van der Waals surface area (Å²) in [5.74, 6) is -0.942. The zero-order chi connectivity index (χ0) is 16.8. The molecule has 0 aliphatic carbocycles. The van der Waals surface area contributed by atoms with Crippen molar-refractivity contribution < 1.29 is 18.9 Å². The van der Waals surface area contributed by atoms with Crippen LogP contribution in [0.4, 0.5) is 11.4 Å². The van der Waals surface area contributed by atoms with Crippen LogP contribution >= 0.6 is 0 Å². The van der Waals surface area contributed by atoms with Gasteiger partial charge in [0.25, 0.3) is 11.6 Å². The minimum atomic E-state index is -0.745. The number of hydrogen-bond acceptors (Lipinski definition) is 6. The summed E-state index contributed by atoms with van der Waals surface area (Å²) >= 11 is 0. The molecule has 1 aromatic carbocycles. The lowest BCUT2D eigenvalue weighted by Gasteiger charge is -2.08. The lowest BCUT2D eigenvalue weighted by atomic mass is 10.1. The molecule has 9 heteroatoms. The fourth-order valence-electron chi connectivity index (χ4n) is 1.85.